The van der Waals surface area contributed by atoms with Crippen LogP contribution < -0.4 is 4.87 Å². The SMILES string of the molecule is Cn1c(=O)sc2cc(-n3cnnc3[C@@H]3O[C@H](CO)[C@H](O)[C@H](n4cc(-c5cc(F)c(F)c(F)c5)nn4)[C@H]3O)ccc21. The molecule has 2 aromatic carbocycles. The van der Waals surface area contributed by atoms with Crippen LogP contribution >= 0.6 is 11.3 Å². The highest BCUT2D eigenvalue weighted by molar-refractivity contribution is 7.16. The topological polar surface area (TPSA) is 153 Å². The minimum absolute atomic E-state index is 0.0564. The van der Waals surface area contributed by atoms with Crippen molar-refractivity contribution in [3.8, 4) is 16.9 Å². The molecular formula is C24H20F3N7O5S. The Balaban J connectivity index is 1.37. The first-order valence-corrected chi connectivity index (χ1v) is 12.7. The predicted molar refractivity (Wildman–Crippen MR) is 133 cm³/mol. The number of aliphatic hydroxyl groups is 3. The summed E-state index contributed by atoms with van der Waals surface area (Å²) >= 11 is 1.06. The lowest BCUT2D eigenvalue weighted by molar-refractivity contribution is -0.210. The highest BCUT2D eigenvalue weighted by Crippen LogP contribution is 2.38. The molecule has 0 saturated carbocycles. The van der Waals surface area contributed by atoms with Gasteiger partial charge in [-0.1, -0.05) is 16.6 Å². The van der Waals surface area contributed by atoms with Crippen molar-refractivity contribution in [1.82, 2.24) is 34.3 Å². The Labute approximate surface area is 226 Å². The van der Waals surface area contributed by atoms with E-state index < -0.39 is 54.5 Å². The molecule has 12 nitrogen and oxygen atoms in total. The second-order valence-corrected chi connectivity index (χ2v) is 10.2. The summed E-state index contributed by atoms with van der Waals surface area (Å²) in [5, 5.41) is 48.0. The molecule has 40 heavy (non-hydrogen) atoms. The van der Waals surface area contributed by atoms with Crippen LogP contribution in [0.25, 0.3) is 27.2 Å². The van der Waals surface area contributed by atoms with E-state index in [0.29, 0.717) is 10.4 Å². The third-order valence-corrected chi connectivity index (χ3v) is 7.87. The molecule has 3 N–H and O–H groups in total. The summed E-state index contributed by atoms with van der Waals surface area (Å²) in [7, 11) is 1.66. The number of ether oxygens (including phenoxy) is 1. The van der Waals surface area contributed by atoms with Crippen molar-refractivity contribution < 1.29 is 33.2 Å². The van der Waals surface area contributed by atoms with E-state index in [1.54, 1.807) is 25.2 Å². The third kappa shape index (κ3) is 4.20. The lowest BCUT2D eigenvalue weighted by atomic mass is 9.92. The van der Waals surface area contributed by atoms with Gasteiger partial charge < -0.3 is 24.6 Å². The molecule has 0 aliphatic carbocycles. The maximum Gasteiger partial charge on any atom is 0.307 e. The number of fused-ring (bicyclic) bond motifs is 1. The molecule has 0 bridgehead atoms. The second-order valence-electron chi connectivity index (χ2n) is 9.23. The van der Waals surface area contributed by atoms with Gasteiger partial charge in [-0.25, -0.2) is 17.9 Å². The lowest BCUT2D eigenvalue weighted by Crippen LogP contribution is -2.53. The molecule has 1 saturated heterocycles. The molecular weight excluding hydrogens is 555 g/mol. The van der Waals surface area contributed by atoms with Crippen LogP contribution in [-0.2, 0) is 11.8 Å². The highest BCUT2D eigenvalue weighted by atomic mass is 32.1. The first-order valence-electron chi connectivity index (χ1n) is 11.9. The van der Waals surface area contributed by atoms with E-state index in [0.717, 1.165) is 33.7 Å². The maximum absolute atomic E-state index is 13.8. The predicted octanol–water partition coefficient (Wildman–Crippen LogP) is 1.25. The number of halogens is 3. The van der Waals surface area contributed by atoms with Gasteiger partial charge in [0.05, 0.1) is 23.0 Å². The Morgan fingerprint density at radius 3 is 2.55 bits per heavy atom. The summed E-state index contributed by atoms with van der Waals surface area (Å²) in [6.07, 6.45) is -2.83. The molecule has 6 rings (SSSR count). The lowest BCUT2D eigenvalue weighted by Gasteiger charge is -2.41. The fourth-order valence-electron chi connectivity index (χ4n) is 4.80. The van der Waals surface area contributed by atoms with E-state index in [-0.39, 0.29) is 22.0 Å². The molecule has 0 unspecified atom stereocenters. The quantitative estimate of drug-likeness (QED) is 0.263. The number of aliphatic hydroxyl groups excluding tert-OH is 3. The number of hydrogen-bond acceptors (Lipinski definition) is 10. The van der Waals surface area contributed by atoms with Gasteiger partial charge in [-0.15, -0.1) is 15.3 Å². The third-order valence-electron chi connectivity index (χ3n) is 6.87. The van der Waals surface area contributed by atoms with Gasteiger partial charge in [0.25, 0.3) is 0 Å². The zero-order valence-corrected chi connectivity index (χ0v) is 21.3. The van der Waals surface area contributed by atoms with Crippen LogP contribution in [0.3, 0.4) is 0 Å². The molecule has 5 aromatic rings. The van der Waals surface area contributed by atoms with E-state index in [1.807, 2.05) is 0 Å². The van der Waals surface area contributed by atoms with Crippen LogP contribution in [0, 0.1) is 17.5 Å². The minimum Gasteiger partial charge on any atom is -0.394 e. The highest BCUT2D eigenvalue weighted by Gasteiger charge is 2.48. The molecule has 1 aliphatic heterocycles. The number of hydrogen-bond donors (Lipinski definition) is 3. The summed E-state index contributed by atoms with van der Waals surface area (Å²) in [6.45, 7) is -0.630. The molecule has 3 aromatic heterocycles. The van der Waals surface area contributed by atoms with Gasteiger partial charge in [0, 0.05) is 18.3 Å². The molecule has 208 valence electrons. The second kappa shape index (κ2) is 9.90. The van der Waals surface area contributed by atoms with Gasteiger partial charge in [-0.3, -0.25) is 9.36 Å². The molecule has 1 aliphatic rings. The molecule has 0 spiro atoms. The fourth-order valence-corrected chi connectivity index (χ4v) is 5.71. The van der Waals surface area contributed by atoms with E-state index in [1.165, 1.54) is 21.7 Å². The molecule has 4 heterocycles. The number of aryl methyl sites for hydroxylation is 1. The molecule has 0 amide bonds. The van der Waals surface area contributed by atoms with Crippen LogP contribution in [0.2, 0.25) is 0 Å². The van der Waals surface area contributed by atoms with Gasteiger partial charge in [0.1, 0.15) is 42.5 Å². The number of nitrogens with zero attached hydrogens (tertiary/aromatic N) is 7. The minimum atomic E-state index is -1.63. The molecule has 5 atom stereocenters. The largest absolute Gasteiger partial charge is 0.394 e. The van der Waals surface area contributed by atoms with Gasteiger partial charge in [0.15, 0.2) is 23.3 Å². The first kappa shape index (κ1) is 26.3. The van der Waals surface area contributed by atoms with E-state index in [4.69, 9.17) is 4.74 Å². The number of benzene rings is 2. The first-order chi connectivity index (χ1) is 19.2. The van der Waals surface area contributed by atoms with Crippen LogP contribution in [0.5, 0.6) is 0 Å². The normalized spacial score (nSPS) is 23.2. The van der Waals surface area contributed by atoms with Crippen molar-refractivity contribution in [3.05, 3.63) is 75.8 Å². The summed E-state index contributed by atoms with van der Waals surface area (Å²) in [6, 6.07) is 5.48. The monoisotopic (exact) mass is 575 g/mol. The Morgan fingerprint density at radius 2 is 1.82 bits per heavy atom. The van der Waals surface area contributed by atoms with Crippen molar-refractivity contribution >= 4 is 21.6 Å². The fraction of sp³-hybridized carbons (Fsp3) is 0.292. The van der Waals surface area contributed by atoms with Crippen LogP contribution in [0.15, 0.2) is 47.7 Å². The Kier molecular flexibility index (Phi) is 6.50. The Hall–Kier alpha value is -3.96. The standard InChI is InChI=1S/C24H20F3N7O5S/c1-32-15-3-2-11(6-17(15)40-24(32)38)33-9-28-30-23(33)22-21(37)19(20(36)16(8-35)39-22)34-7-14(29-31-34)10-4-12(25)18(27)13(26)5-10/h2-7,9,16,19-22,35-37H,8H2,1H3/t16-,19+,20+,21-,22-/m1/s1. The Bertz CT molecular complexity index is 1760. The summed E-state index contributed by atoms with van der Waals surface area (Å²) < 4.78 is 51.6. The van der Waals surface area contributed by atoms with Crippen molar-refractivity contribution in [3.63, 3.8) is 0 Å². The number of aromatic nitrogens is 7. The van der Waals surface area contributed by atoms with Gasteiger partial charge in [-0.2, -0.15) is 0 Å². The van der Waals surface area contributed by atoms with Crippen LogP contribution in [-0.4, -0.2) is 74.6 Å². The van der Waals surface area contributed by atoms with Crippen molar-refractivity contribution in [1.29, 1.82) is 0 Å². The maximum atomic E-state index is 13.8. The van der Waals surface area contributed by atoms with Crippen LogP contribution in [0.4, 0.5) is 13.2 Å². The smallest absolute Gasteiger partial charge is 0.307 e. The zero-order valence-electron chi connectivity index (χ0n) is 20.5. The van der Waals surface area contributed by atoms with Crippen LogP contribution in [0.1, 0.15) is 18.0 Å². The zero-order chi connectivity index (χ0) is 28.3. The van der Waals surface area contributed by atoms with E-state index >= 15 is 0 Å². The molecule has 16 heteroatoms. The van der Waals surface area contributed by atoms with Crippen molar-refractivity contribution in [2.45, 2.75) is 30.5 Å². The van der Waals surface area contributed by atoms with Gasteiger partial charge in [-0.05, 0) is 30.3 Å². The average Bonchev–Trinajstić information content (AvgIpc) is 3.67. The van der Waals surface area contributed by atoms with Gasteiger partial charge in [0.2, 0.25) is 0 Å². The van der Waals surface area contributed by atoms with Gasteiger partial charge >= 0.3 is 4.87 Å². The summed E-state index contributed by atoms with van der Waals surface area (Å²) in [5.41, 5.74) is 1.12. The Morgan fingerprint density at radius 1 is 1.07 bits per heavy atom. The summed E-state index contributed by atoms with van der Waals surface area (Å²) in [4.78, 5) is 12.0. The van der Waals surface area contributed by atoms with E-state index in [9.17, 15) is 33.3 Å². The number of rotatable bonds is 5. The van der Waals surface area contributed by atoms with Crippen molar-refractivity contribution in [2.75, 3.05) is 6.61 Å². The number of thiazole rings is 1. The average molecular weight is 576 g/mol. The summed E-state index contributed by atoms with van der Waals surface area (Å²) in [5.74, 6) is -4.34. The van der Waals surface area contributed by atoms with Crippen molar-refractivity contribution in [2.24, 2.45) is 7.05 Å². The molecule has 1 fully saturated rings. The van der Waals surface area contributed by atoms with E-state index in [2.05, 4.69) is 20.5 Å². The molecule has 0 radical (unpaired) electrons.